The third-order valence-corrected chi connectivity index (χ3v) is 2.83. The number of ether oxygens (including phenoxy) is 1. The molecule has 5 heteroatoms. The van der Waals surface area contributed by atoms with Gasteiger partial charge in [-0.1, -0.05) is 6.07 Å². The molecule has 1 aromatic carbocycles. The maximum absolute atomic E-state index is 13.6. The molecule has 0 fully saturated rings. The van der Waals surface area contributed by atoms with Gasteiger partial charge in [-0.15, -0.1) is 5.10 Å². The fourth-order valence-corrected chi connectivity index (χ4v) is 1.58. The Balaban J connectivity index is 2.47. The second kappa shape index (κ2) is 5.02. The highest BCUT2D eigenvalue weighted by Gasteiger charge is 2.14. The van der Waals surface area contributed by atoms with Crippen molar-refractivity contribution >= 4 is 0 Å². The number of nitriles is 1. The zero-order valence-electron chi connectivity index (χ0n) is 10.9. The van der Waals surface area contributed by atoms with E-state index in [1.54, 1.807) is 26.0 Å². The number of aromatic nitrogens is 2. The maximum Gasteiger partial charge on any atom is 0.257 e. The minimum Gasteiger partial charge on any atom is -0.433 e. The number of hydrogen-bond acceptors (Lipinski definition) is 4. The number of halogens is 1. The van der Waals surface area contributed by atoms with Gasteiger partial charge in [-0.25, -0.2) is 4.39 Å². The van der Waals surface area contributed by atoms with E-state index in [4.69, 9.17) is 10.00 Å². The summed E-state index contributed by atoms with van der Waals surface area (Å²) >= 11 is 0. The van der Waals surface area contributed by atoms with Crippen LogP contribution in [0, 0.1) is 37.9 Å². The molecule has 19 heavy (non-hydrogen) atoms. The fourth-order valence-electron chi connectivity index (χ4n) is 1.58. The molecule has 0 N–H and O–H groups in total. The first kappa shape index (κ1) is 13.0. The van der Waals surface area contributed by atoms with Crippen LogP contribution >= 0.6 is 0 Å². The third kappa shape index (κ3) is 2.52. The number of benzene rings is 1. The average molecular weight is 257 g/mol. The van der Waals surface area contributed by atoms with Crippen LogP contribution in [0.2, 0.25) is 0 Å². The van der Waals surface area contributed by atoms with E-state index in [1.165, 1.54) is 6.07 Å². The highest BCUT2D eigenvalue weighted by Crippen LogP contribution is 2.27. The van der Waals surface area contributed by atoms with Gasteiger partial charge in [-0.05, 0) is 44.0 Å². The van der Waals surface area contributed by atoms with E-state index in [-0.39, 0.29) is 17.2 Å². The van der Waals surface area contributed by atoms with E-state index in [1.807, 2.05) is 13.0 Å². The second-order valence-corrected chi connectivity index (χ2v) is 4.24. The molecule has 1 heterocycles. The van der Waals surface area contributed by atoms with Gasteiger partial charge >= 0.3 is 0 Å². The van der Waals surface area contributed by atoms with Crippen LogP contribution in [0.3, 0.4) is 0 Å². The molecule has 4 nitrogen and oxygen atoms in total. The molecule has 0 aliphatic rings. The summed E-state index contributed by atoms with van der Waals surface area (Å²) in [4.78, 5) is 0. The standard InChI is InChI=1S/C14H12FN3O/c1-8-4-5-12(15)13(6-8)19-14-11(7-16)9(2)10(3)17-18-14/h4-6H,1-3H3. The molecular weight excluding hydrogens is 245 g/mol. The molecular formula is C14H12FN3O. The normalized spacial score (nSPS) is 10.1. The molecule has 0 unspecified atom stereocenters. The number of rotatable bonds is 2. The first-order valence-corrected chi connectivity index (χ1v) is 5.71. The summed E-state index contributed by atoms with van der Waals surface area (Å²) in [5.41, 5.74) is 2.45. The maximum atomic E-state index is 13.6. The van der Waals surface area contributed by atoms with Crippen LogP contribution in [0.1, 0.15) is 22.4 Å². The highest BCUT2D eigenvalue weighted by atomic mass is 19.1. The summed E-state index contributed by atoms with van der Waals surface area (Å²) in [7, 11) is 0. The van der Waals surface area contributed by atoms with Crippen LogP contribution in [-0.2, 0) is 0 Å². The van der Waals surface area contributed by atoms with Crippen LogP contribution in [0.5, 0.6) is 11.6 Å². The van der Waals surface area contributed by atoms with Crippen molar-refractivity contribution in [2.24, 2.45) is 0 Å². The second-order valence-electron chi connectivity index (χ2n) is 4.24. The first-order chi connectivity index (χ1) is 9.02. The van der Waals surface area contributed by atoms with E-state index >= 15 is 0 Å². The lowest BCUT2D eigenvalue weighted by molar-refractivity contribution is 0.419. The summed E-state index contributed by atoms with van der Waals surface area (Å²) < 4.78 is 19.0. The molecule has 2 rings (SSSR count). The lowest BCUT2D eigenvalue weighted by atomic mass is 10.1. The van der Waals surface area contributed by atoms with Crippen molar-refractivity contribution in [1.82, 2.24) is 10.2 Å². The van der Waals surface area contributed by atoms with Gasteiger partial charge in [0.05, 0.1) is 5.69 Å². The molecule has 96 valence electrons. The van der Waals surface area contributed by atoms with Crippen molar-refractivity contribution in [2.45, 2.75) is 20.8 Å². The van der Waals surface area contributed by atoms with Crippen LogP contribution in [0.25, 0.3) is 0 Å². The fraction of sp³-hybridized carbons (Fsp3) is 0.214. The third-order valence-electron chi connectivity index (χ3n) is 2.83. The summed E-state index contributed by atoms with van der Waals surface area (Å²) in [5, 5.41) is 16.8. The van der Waals surface area contributed by atoms with Crippen molar-refractivity contribution in [3.05, 3.63) is 46.4 Å². The Hall–Kier alpha value is -2.48. The quantitative estimate of drug-likeness (QED) is 0.828. The van der Waals surface area contributed by atoms with E-state index in [0.29, 0.717) is 11.3 Å². The Labute approximate surface area is 110 Å². The Morgan fingerprint density at radius 3 is 2.63 bits per heavy atom. The highest BCUT2D eigenvalue weighted by molar-refractivity contribution is 5.46. The Bertz CT molecular complexity index is 677. The van der Waals surface area contributed by atoms with Crippen LogP contribution in [-0.4, -0.2) is 10.2 Å². The zero-order chi connectivity index (χ0) is 14.0. The van der Waals surface area contributed by atoms with E-state index < -0.39 is 5.82 Å². The van der Waals surface area contributed by atoms with Crippen LogP contribution < -0.4 is 4.74 Å². The Morgan fingerprint density at radius 2 is 1.95 bits per heavy atom. The monoisotopic (exact) mass is 257 g/mol. The van der Waals surface area contributed by atoms with Gasteiger partial charge in [0.2, 0.25) is 0 Å². The minimum absolute atomic E-state index is 0.0232. The van der Waals surface area contributed by atoms with Gasteiger partial charge in [-0.2, -0.15) is 10.4 Å². The topological polar surface area (TPSA) is 58.8 Å². The molecule has 0 amide bonds. The summed E-state index contributed by atoms with van der Waals surface area (Å²) in [6.45, 7) is 5.33. The van der Waals surface area contributed by atoms with E-state index in [9.17, 15) is 4.39 Å². The van der Waals surface area contributed by atoms with Gasteiger partial charge in [0.15, 0.2) is 11.6 Å². The molecule has 0 atom stereocenters. The lowest BCUT2D eigenvalue weighted by Crippen LogP contribution is -2.01. The van der Waals surface area contributed by atoms with Crippen molar-refractivity contribution in [3.63, 3.8) is 0 Å². The molecule has 0 radical (unpaired) electrons. The number of aryl methyl sites for hydroxylation is 2. The smallest absolute Gasteiger partial charge is 0.257 e. The van der Waals surface area contributed by atoms with E-state index in [0.717, 1.165) is 5.56 Å². The lowest BCUT2D eigenvalue weighted by Gasteiger charge is -2.09. The van der Waals surface area contributed by atoms with E-state index in [2.05, 4.69) is 10.2 Å². The van der Waals surface area contributed by atoms with Crippen molar-refractivity contribution in [2.75, 3.05) is 0 Å². The molecule has 1 aromatic heterocycles. The predicted octanol–water partition coefficient (Wildman–Crippen LogP) is 3.20. The average Bonchev–Trinajstić information content (AvgIpc) is 2.38. The summed E-state index contributed by atoms with van der Waals surface area (Å²) in [6, 6.07) is 6.51. The Morgan fingerprint density at radius 1 is 1.21 bits per heavy atom. The zero-order valence-corrected chi connectivity index (χ0v) is 10.9. The summed E-state index contributed by atoms with van der Waals surface area (Å²) in [5.74, 6) is -0.446. The molecule has 0 bridgehead atoms. The predicted molar refractivity (Wildman–Crippen MR) is 67.4 cm³/mol. The molecule has 0 saturated carbocycles. The summed E-state index contributed by atoms with van der Waals surface area (Å²) in [6.07, 6.45) is 0. The van der Waals surface area contributed by atoms with Crippen molar-refractivity contribution in [3.8, 4) is 17.7 Å². The first-order valence-electron chi connectivity index (χ1n) is 5.71. The molecule has 0 aliphatic heterocycles. The van der Waals surface area contributed by atoms with Crippen LogP contribution in [0.4, 0.5) is 4.39 Å². The van der Waals surface area contributed by atoms with Gasteiger partial charge in [0, 0.05) is 0 Å². The number of hydrogen-bond donors (Lipinski definition) is 0. The molecule has 2 aromatic rings. The largest absolute Gasteiger partial charge is 0.433 e. The molecule has 0 aliphatic carbocycles. The van der Waals surface area contributed by atoms with Crippen molar-refractivity contribution in [1.29, 1.82) is 5.26 Å². The minimum atomic E-state index is -0.505. The van der Waals surface area contributed by atoms with Gasteiger partial charge in [-0.3, -0.25) is 0 Å². The molecule has 0 spiro atoms. The van der Waals surface area contributed by atoms with Gasteiger partial charge < -0.3 is 4.74 Å². The number of nitrogens with zero attached hydrogens (tertiary/aromatic N) is 3. The van der Waals surface area contributed by atoms with Gasteiger partial charge in [0.1, 0.15) is 11.6 Å². The molecule has 0 saturated heterocycles. The SMILES string of the molecule is Cc1ccc(F)c(Oc2nnc(C)c(C)c2C#N)c1. The van der Waals surface area contributed by atoms with Gasteiger partial charge in [0.25, 0.3) is 5.88 Å². The Kier molecular flexibility index (Phi) is 3.43. The van der Waals surface area contributed by atoms with Crippen molar-refractivity contribution < 1.29 is 9.13 Å². The van der Waals surface area contributed by atoms with Crippen LogP contribution in [0.15, 0.2) is 18.2 Å².